The van der Waals surface area contributed by atoms with Crippen molar-refractivity contribution in [2.24, 2.45) is 7.05 Å². The molecule has 1 atom stereocenters. The summed E-state index contributed by atoms with van der Waals surface area (Å²) in [7, 11) is 1.99. The van der Waals surface area contributed by atoms with E-state index in [-0.39, 0.29) is 0 Å². The summed E-state index contributed by atoms with van der Waals surface area (Å²) in [5, 5.41) is 1.79. The van der Waals surface area contributed by atoms with E-state index in [4.69, 9.17) is 14.9 Å². The number of aryl methyl sites for hydroxylation is 2. The highest BCUT2D eigenvalue weighted by Crippen LogP contribution is 2.51. The van der Waals surface area contributed by atoms with E-state index in [1.807, 2.05) is 62.0 Å². The minimum atomic E-state index is -2.28. The average Bonchev–Trinajstić information content (AvgIpc) is 3.33. The molecule has 1 aliphatic rings. The molecular formula is C30H29N2O+. The second-order valence-corrected chi connectivity index (χ2v) is 9.54. The van der Waals surface area contributed by atoms with E-state index in [9.17, 15) is 0 Å². The molecule has 0 N–H and O–H groups in total. The van der Waals surface area contributed by atoms with Crippen LogP contribution in [0, 0.1) is 6.92 Å². The summed E-state index contributed by atoms with van der Waals surface area (Å²) in [5.74, 6) is -0.743. The number of hydrogen-bond donors (Lipinski definition) is 0. The molecule has 0 saturated heterocycles. The molecular weight excluding hydrogens is 404 g/mol. The van der Waals surface area contributed by atoms with E-state index in [2.05, 4.69) is 25.1 Å². The first-order chi connectivity index (χ1) is 17.3. The van der Waals surface area contributed by atoms with Gasteiger partial charge in [0.15, 0.2) is 6.20 Å². The Hall–Kier alpha value is -3.46. The van der Waals surface area contributed by atoms with Crippen molar-refractivity contribution in [2.75, 3.05) is 0 Å². The van der Waals surface area contributed by atoms with Crippen molar-refractivity contribution in [3.05, 3.63) is 83.3 Å². The van der Waals surface area contributed by atoms with Gasteiger partial charge in [0.2, 0.25) is 5.69 Å². The fraction of sp³-hybridized carbons (Fsp3) is 0.267. The number of hydrogen-bond acceptors (Lipinski definition) is 2. The average molecular weight is 438 g/mol. The molecule has 0 spiro atoms. The topological polar surface area (TPSA) is 29.9 Å². The summed E-state index contributed by atoms with van der Waals surface area (Å²) < 4.78 is 42.6. The van der Waals surface area contributed by atoms with Crippen LogP contribution in [0.4, 0.5) is 0 Å². The quantitative estimate of drug-likeness (QED) is 0.273. The van der Waals surface area contributed by atoms with Crippen molar-refractivity contribution in [1.29, 1.82) is 0 Å². The second kappa shape index (κ2) is 6.77. The molecule has 1 unspecified atom stereocenters. The van der Waals surface area contributed by atoms with Crippen molar-refractivity contribution in [3.8, 4) is 22.4 Å². The van der Waals surface area contributed by atoms with Gasteiger partial charge in [-0.2, -0.15) is 0 Å². The Bertz CT molecular complexity index is 1740. The molecule has 3 heteroatoms. The molecule has 33 heavy (non-hydrogen) atoms. The zero-order valence-electron chi connectivity index (χ0n) is 23.6. The van der Waals surface area contributed by atoms with Gasteiger partial charge in [-0.15, -0.1) is 0 Å². The maximum Gasteiger partial charge on any atom is 0.216 e. The van der Waals surface area contributed by atoms with Gasteiger partial charge in [0.05, 0.1) is 11.3 Å². The first-order valence-corrected chi connectivity index (χ1v) is 11.3. The Kier molecular flexibility index (Phi) is 3.32. The number of furan rings is 1. The van der Waals surface area contributed by atoms with Crippen molar-refractivity contribution in [1.82, 2.24) is 4.98 Å². The minimum Gasteiger partial charge on any atom is -0.454 e. The number of fused-ring (bicyclic) bond motifs is 7. The van der Waals surface area contributed by atoms with Crippen molar-refractivity contribution in [2.45, 2.75) is 45.9 Å². The molecule has 0 saturated carbocycles. The number of nitrogens with zero attached hydrogens (tertiary/aromatic N) is 2. The van der Waals surface area contributed by atoms with Crippen LogP contribution < -0.4 is 4.57 Å². The lowest BCUT2D eigenvalue weighted by Gasteiger charge is -2.19. The molecule has 3 aromatic heterocycles. The first-order valence-electron chi connectivity index (χ1n) is 13.3. The summed E-state index contributed by atoms with van der Waals surface area (Å²) in [6.07, 6.45) is 3.75. The molecule has 6 rings (SSSR count). The first kappa shape index (κ1) is 16.2. The van der Waals surface area contributed by atoms with E-state index in [1.54, 1.807) is 13.1 Å². The van der Waals surface area contributed by atoms with E-state index in [0.29, 0.717) is 11.3 Å². The molecule has 0 radical (unpaired) electrons. The van der Waals surface area contributed by atoms with Gasteiger partial charge in [0.1, 0.15) is 18.2 Å². The predicted molar refractivity (Wildman–Crippen MR) is 135 cm³/mol. The molecule has 3 heterocycles. The highest BCUT2D eigenvalue weighted by atomic mass is 16.3. The summed E-state index contributed by atoms with van der Waals surface area (Å²) in [6.45, 7) is 5.31. The molecule has 2 aromatic carbocycles. The maximum absolute atomic E-state index is 8.56. The smallest absolute Gasteiger partial charge is 0.216 e. The number of rotatable bonds is 2. The lowest BCUT2D eigenvalue weighted by atomic mass is 9.85. The SMILES string of the molecule is [2H]C(C)(C)c1cc[n+](C)c(-c2c(C)ccc3c2oc2c4c(ncc23)C(C)(C([2H])([2H])[2H])c2ccccc2-4)c1. The fourth-order valence-electron chi connectivity index (χ4n) is 5.23. The number of pyridine rings is 2. The van der Waals surface area contributed by atoms with E-state index < -0.39 is 18.2 Å². The van der Waals surface area contributed by atoms with Crippen molar-refractivity contribution >= 4 is 21.9 Å². The van der Waals surface area contributed by atoms with E-state index >= 15 is 0 Å². The Labute approximate surface area is 200 Å². The van der Waals surface area contributed by atoms with Crippen LogP contribution in [0.15, 0.2) is 65.3 Å². The molecule has 5 aromatic rings. The van der Waals surface area contributed by atoms with Gasteiger partial charge in [-0.3, -0.25) is 4.98 Å². The van der Waals surface area contributed by atoms with Crippen LogP contribution in [-0.2, 0) is 12.5 Å². The predicted octanol–water partition coefficient (Wildman–Crippen LogP) is 7.21. The lowest BCUT2D eigenvalue weighted by Crippen LogP contribution is -2.31. The van der Waals surface area contributed by atoms with E-state index in [1.165, 1.54) is 0 Å². The number of benzene rings is 2. The highest BCUT2D eigenvalue weighted by molar-refractivity contribution is 6.14. The van der Waals surface area contributed by atoms with Crippen LogP contribution in [0.3, 0.4) is 0 Å². The van der Waals surface area contributed by atoms with Gasteiger partial charge < -0.3 is 4.42 Å². The fourth-order valence-corrected chi connectivity index (χ4v) is 5.23. The van der Waals surface area contributed by atoms with Crippen LogP contribution in [0.1, 0.15) is 61.4 Å². The summed E-state index contributed by atoms with van der Waals surface area (Å²) in [4.78, 5) is 4.78. The van der Waals surface area contributed by atoms with Crippen molar-refractivity contribution < 1.29 is 14.5 Å². The monoisotopic (exact) mass is 437 g/mol. The Morgan fingerprint density at radius 1 is 1.06 bits per heavy atom. The van der Waals surface area contributed by atoms with Gasteiger partial charge in [0.25, 0.3) is 0 Å². The summed E-state index contributed by atoms with van der Waals surface area (Å²) >= 11 is 0. The maximum atomic E-state index is 8.56. The molecule has 0 bridgehead atoms. The summed E-state index contributed by atoms with van der Waals surface area (Å²) in [6, 6.07) is 15.8. The highest BCUT2D eigenvalue weighted by Gasteiger charge is 2.39. The Balaban J connectivity index is 1.72. The third-order valence-electron chi connectivity index (χ3n) is 7.08. The lowest BCUT2D eigenvalue weighted by molar-refractivity contribution is -0.660. The molecule has 164 valence electrons. The van der Waals surface area contributed by atoms with E-state index in [0.717, 1.165) is 55.4 Å². The molecule has 1 aliphatic carbocycles. The summed E-state index contributed by atoms with van der Waals surface area (Å²) in [5.41, 5.74) is 6.95. The largest absolute Gasteiger partial charge is 0.454 e. The van der Waals surface area contributed by atoms with Crippen molar-refractivity contribution in [3.63, 3.8) is 0 Å². The van der Waals surface area contributed by atoms with Crippen LogP contribution >= 0.6 is 0 Å². The van der Waals surface area contributed by atoms with Crippen LogP contribution in [0.2, 0.25) is 0 Å². The Morgan fingerprint density at radius 2 is 1.85 bits per heavy atom. The normalized spacial score (nSPS) is 19.7. The second-order valence-electron chi connectivity index (χ2n) is 9.54. The standard InChI is InChI=1S/C30H29N2O/c1-17(2)19-13-14-32(6)24(15-19)25-18(3)11-12-20-22-16-31-29-26(28(22)33-27(20)25)21-9-7-8-10-23(21)30(29,4)5/h7-17H,1-6H3/q+1/i4D3,17D. The van der Waals surface area contributed by atoms with Gasteiger partial charge in [-0.05, 0) is 35.1 Å². The zero-order valence-corrected chi connectivity index (χ0v) is 19.6. The van der Waals surface area contributed by atoms with Gasteiger partial charge in [-0.25, -0.2) is 4.57 Å². The minimum absolute atomic E-state index is 0.530. The zero-order chi connectivity index (χ0) is 26.5. The number of aromatic nitrogens is 2. The third-order valence-corrected chi connectivity index (χ3v) is 7.08. The van der Waals surface area contributed by atoms with Crippen LogP contribution in [0.5, 0.6) is 0 Å². The molecule has 0 aliphatic heterocycles. The van der Waals surface area contributed by atoms with Gasteiger partial charge in [0, 0.05) is 45.6 Å². The Morgan fingerprint density at radius 3 is 2.64 bits per heavy atom. The molecule has 0 fully saturated rings. The molecule has 3 nitrogen and oxygen atoms in total. The van der Waals surface area contributed by atoms with Gasteiger partial charge in [-0.1, -0.05) is 64.0 Å². The van der Waals surface area contributed by atoms with Crippen LogP contribution in [0.25, 0.3) is 44.3 Å². The van der Waals surface area contributed by atoms with Gasteiger partial charge >= 0.3 is 0 Å². The van der Waals surface area contributed by atoms with Crippen LogP contribution in [-0.4, -0.2) is 4.98 Å². The molecule has 0 amide bonds. The third kappa shape index (κ3) is 2.68.